The van der Waals surface area contributed by atoms with Crippen molar-refractivity contribution >= 4 is 11.3 Å². The molecular formula is C16H19N5S. The third-order valence-electron chi connectivity index (χ3n) is 3.73. The van der Waals surface area contributed by atoms with Crippen molar-refractivity contribution in [1.82, 2.24) is 25.3 Å². The summed E-state index contributed by atoms with van der Waals surface area (Å²) in [6, 6.07) is 12.5. The minimum atomic E-state index is 0.231. The lowest BCUT2D eigenvalue weighted by atomic mass is 10.1. The second kappa shape index (κ2) is 6.37. The van der Waals surface area contributed by atoms with Gasteiger partial charge in [0.2, 0.25) is 0 Å². The predicted molar refractivity (Wildman–Crippen MR) is 88.6 cm³/mol. The van der Waals surface area contributed by atoms with E-state index < -0.39 is 0 Å². The van der Waals surface area contributed by atoms with E-state index in [-0.39, 0.29) is 6.04 Å². The number of nitrogens with zero attached hydrogens (tertiary/aromatic N) is 4. The molecule has 22 heavy (non-hydrogen) atoms. The molecule has 0 amide bonds. The number of aryl methyl sites for hydroxylation is 1. The van der Waals surface area contributed by atoms with Gasteiger partial charge in [0.25, 0.3) is 0 Å². The Bertz CT molecular complexity index is 734. The lowest BCUT2D eigenvalue weighted by Gasteiger charge is -2.22. The van der Waals surface area contributed by atoms with Crippen LogP contribution in [0.1, 0.15) is 28.7 Å². The van der Waals surface area contributed by atoms with Crippen LogP contribution < -0.4 is 0 Å². The second-order valence-corrected chi connectivity index (χ2v) is 6.65. The zero-order valence-electron chi connectivity index (χ0n) is 12.9. The number of hydrogen-bond acceptors (Lipinski definition) is 5. The van der Waals surface area contributed by atoms with Gasteiger partial charge in [-0.05, 0) is 27.0 Å². The van der Waals surface area contributed by atoms with Gasteiger partial charge in [0.05, 0.1) is 17.9 Å². The highest BCUT2D eigenvalue weighted by Crippen LogP contribution is 2.24. The monoisotopic (exact) mass is 313 g/mol. The van der Waals surface area contributed by atoms with Gasteiger partial charge >= 0.3 is 0 Å². The summed E-state index contributed by atoms with van der Waals surface area (Å²) in [6.45, 7) is 4.92. The van der Waals surface area contributed by atoms with Gasteiger partial charge in [-0.2, -0.15) is 5.10 Å². The molecule has 0 saturated carbocycles. The van der Waals surface area contributed by atoms with Gasteiger partial charge in [0.15, 0.2) is 0 Å². The van der Waals surface area contributed by atoms with Gasteiger partial charge in [-0.3, -0.25) is 10.00 Å². The number of benzene rings is 1. The summed E-state index contributed by atoms with van der Waals surface area (Å²) in [5.74, 6) is 0. The molecule has 2 heterocycles. The normalized spacial score (nSPS) is 12.7. The standard InChI is InChI=1S/C16H19N5S/c1-11(21(3)10-16-20-17-12(2)22-16)14-9-15(19-18-14)13-7-5-4-6-8-13/h4-9,11H,10H2,1-3H3,(H,18,19)/t11-/m1/s1. The maximum Gasteiger partial charge on any atom is 0.131 e. The molecule has 114 valence electrons. The van der Waals surface area contributed by atoms with Crippen LogP contribution in [0.3, 0.4) is 0 Å². The molecule has 3 rings (SSSR count). The van der Waals surface area contributed by atoms with Crippen LogP contribution >= 0.6 is 11.3 Å². The van der Waals surface area contributed by atoms with Crippen molar-refractivity contribution in [1.29, 1.82) is 0 Å². The fourth-order valence-corrected chi connectivity index (χ4v) is 3.07. The molecule has 0 aliphatic heterocycles. The number of hydrogen-bond donors (Lipinski definition) is 1. The molecule has 0 radical (unpaired) electrons. The number of aromatic nitrogens is 4. The lowest BCUT2D eigenvalue weighted by molar-refractivity contribution is 0.247. The topological polar surface area (TPSA) is 57.7 Å². The van der Waals surface area contributed by atoms with E-state index >= 15 is 0 Å². The zero-order valence-corrected chi connectivity index (χ0v) is 13.8. The van der Waals surface area contributed by atoms with E-state index in [0.717, 1.165) is 33.5 Å². The Morgan fingerprint density at radius 1 is 1.23 bits per heavy atom. The van der Waals surface area contributed by atoms with Crippen molar-refractivity contribution in [2.45, 2.75) is 26.4 Å². The minimum Gasteiger partial charge on any atom is -0.291 e. The van der Waals surface area contributed by atoms with E-state index in [1.165, 1.54) is 0 Å². The van der Waals surface area contributed by atoms with Gasteiger partial charge in [0, 0.05) is 11.6 Å². The van der Waals surface area contributed by atoms with Gasteiger partial charge in [0.1, 0.15) is 10.0 Å². The lowest BCUT2D eigenvalue weighted by Crippen LogP contribution is -2.22. The summed E-state index contributed by atoms with van der Waals surface area (Å²) in [6.07, 6.45) is 0. The van der Waals surface area contributed by atoms with Gasteiger partial charge in [-0.1, -0.05) is 30.3 Å². The van der Waals surface area contributed by atoms with Crippen molar-refractivity contribution < 1.29 is 0 Å². The molecule has 3 aromatic rings. The first-order chi connectivity index (χ1) is 10.6. The Morgan fingerprint density at radius 2 is 2.00 bits per heavy atom. The molecule has 0 aliphatic rings. The predicted octanol–water partition coefficient (Wildman–Crippen LogP) is 3.43. The molecule has 0 unspecified atom stereocenters. The van der Waals surface area contributed by atoms with Crippen molar-refractivity contribution in [3.63, 3.8) is 0 Å². The van der Waals surface area contributed by atoms with E-state index in [1.54, 1.807) is 11.3 Å². The van der Waals surface area contributed by atoms with Crippen molar-refractivity contribution in [3.8, 4) is 11.3 Å². The van der Waals surface area contributed by atoms with Crippen LogP contribution in [0.5, 0.6) is 0 Å². The molecule has 0 saturated heterocycles. The molecule has 1 N–H and O–H groups in total. The highest BCUT2D eigenvalue weighted by Gasteiger charge is 2.16. The number of aromatic amines is 1. The van der Waals surface area contributed by atoms with Gasteiger partial charge < -0.3 is 0 Å². The first kappa shape index (κ1) is 14.9. The Balaban J connectivity index is 1.72. The van der Waals surface area contributed by atoms with Gasteiger partial charge in [-0.25, -0.2) is 0 Å². The van der Waals surface area contributed by atoms with Crippen LogP contribution in [0.4, 0.5) is 0 Å². The summed E-state index contributed by atoms with van der Waals surface area (Å²) in [5.41, 5.74) is 3.20. The largest absolute Gasteiger partial charge is 0.291 e. The third-order valence-corrected chi connectivity index (χ3v) is 4.55. The smallest absolute Gasteiger partial charge is 0.131 e. The third kappa shape index (κ3) is 3.23. The highest BCUT2D eigenvalue weighted by atomic mass is 32.1. The second-order valence-electron chi connectivity index (χ2n) is 5.38. The summed E-state index contributed by atoms with van der Waals surface area (Å²) < 4.78 is 0. The molecule has 0 aliphatic carbocycles. The Kier molecular flexibility index (Phi) is 4.31. The van der Waals surface area contributed by atoms with Crippen molar-refractivity contribution in [2.24, 2.45) is 0 Å². The molecule has 5 nitrogen and oxygen atoms in total. The SMILES string of the molecule is Cc1nnc(CN(C)[C@H](C)c2cc(-c3ccccc3)n[nH]2)s1. The molecule has 1 atom stereocenters. The van der Waals surface area contributed by atoms with E-state index in [0.29, 0.717) is 0 Å². The molecule has 1 aromatic carbocycles. The zero-order chi connectivity index (χ0) is 15.5. The van der Waals surface area contributed by atoms with E-state index in [1.807, 2.05) is 25.1 Å². The maximum absolute atomic E-state index is 4.42. The molecule has 2 aromatic heterocycles. The summed E-state index contributed by atoms with van der Waals surface area (Å²) >= 11 is 1.64. The van der Waals surface area contributed by atoms with E-state index in [9.17, 15) is 0 Å². The molecular weight excluding hydrogens is 294 g/mol. The first-order valence-corrected chi connectivity index (χ1v) is 8.05. The van der Waals surface area contributed by atoms with Gasteiger partial charge in [-0.15, -0.1) is 21.5 Å². The van der Waals surface area contributed by atoms with Crippen LogP contribution in [0.25, 0.3) is 11.3 Å². The fraction of sp³-hybridized carbons (Fsp3) is 0.312. The minimum absolute atomic E-state index is 0.231. The fourth-order valence-electron chi connectivity index (χ4n) is 2.30. The number of rotatable bonds is 5. The average Bonchev–Trinajstić information content (AvgIpc) is 3.17. The van der Waals surface area contributed by atoms with Crippen molar-refractivity contribution in [2.75, 3.05) is 7.05 Å². The first-order valence-electron chi connectivity index (χ1n) is 7.23. The van der Waals surface area contributed by atoms with Crippen LogP contribution in [0, 0.1) is 6.92 Å². The number of nitrogens with one attached hydrogen (secondary N) is 1. The summed E-state index contributed by atoms with van der Waals surface area (Å²) in [4.78, 5) is 2.24. The van der Waals surface area contributed by atoms with Crippen molar-refractivity contribution in [3.05, 3.63) is 52.1 Å². The quantitative estimate of drug-likeness (QED) is 0.784. The summed E-state index contributed by atoms with van der Waals surface area (Å²) in [5, 5.41) is 17.9. The Labute approximate surface area is 134 Å². The van der Waals surface area contributed by atoms with E-state index in [4.69, 9.17) is 0 Å². The molecule has 0 spiro atoms. The Morgan fingerprint density at radius 3 is 2.68 bits per heavy atom. The van der Waals surface area contributed by atoms with Crippen LogP contribution in [-0.2, 0) is 6.54 Å². The maximum atomic E-state index is 4.42. The molecule has 0 bridgehead atoms. The average molecular weight is 313 g/mol. The van der Waals surface area contributed by atoms with Crippen LogP contribution in [0.2, 0.25) is 0 Å². The summed E-state index contributed by atoms with van der Waals surface area (Å²) in [7, 11) is 2.09. The molecule has 6 heteroatoms. The Hall–Kier alpha value is -2.05. The van der Waals surface area contributed by atoms with E-state index in [2.05, 4.69) is 57.5 Å². The number of H-pyrrole nitrogens is 1. The van der Waals surface area contributed by atoms with Crippen LogP contribution in [0.15, 0.2) is 36.4 Å². The molecule has 0 fully saturated rings. The van der Waals surface area contributed by atoms with Crippen LogP contribution in [-0.4, -0.2) is 32.3 Å². The highest BCUT2D eigenvalue weighted by molar-refractivity contribution is 7.11.